The first kappa shape index (κ1) is 101. The van der Waals surface area contributed by atoms with Crippen LogP contribution in [0.3, 0.4) is 0 Å². The van der Waals surface area contributed by atoms with E-state index in [9.17, 15) is 72.2 Å². The number of nitrogens with one attached hydrogen (secondary N) is 15. The van der Waals surface area contributed by atoms with Gasteiger partial charge in [0.2, 0.25) is 100 Å². The molecule has 0 aliphatic carbocycles. The molecule has 3 aromatic heterocycles. The van der Waals surface area contributed by atoms with E-state index in [0.717, 1.165) is 36.3 Å². The van der Waals surface area contributed by atoms with E-state index in [1.165, 1.54) is 54.6 Å². The molecule has 5 heterocycles. The lowest BCUT2D eigenvalue weighted by Crippen LogP contribution is -2.61. The average molecular weight is 1810 g/mol. The van der Waals surface area contributed by atoms with Crippen molar-refractivity contribution in [3.8, 4) is 0 Å². The topological polar surface area (TPSA) is 621 Å². The molecule has 2 fully saturated rings. The number of aliphatic hydroxyl groups excluding tert-OH is 1. The maximum Gasteiger partial charge on any atom is 0.246 e. The standard InChI is InChI=1S/C86H120N24O18S/c1-9-11-29-66-79(122)100-58(28-20-32-92-86(89)90)75(118)105-65(74(117)95-42-70(88)113)45-129-46-72(115)99-61(34-50-22-14-13-15-23-50)82(125)107(6)49(4)73(116)102-63(38-69(87)112)84(127)110-33-21-31-67(110)80(123)101-60(37-53-41-91-47-96-53)76(119)97-48(3)81(124)106(5)43-71(114)98-59(35-51-39-93-56-26-18-16-24-54(51)56)77(120)104-64(44-111)78(121)103-62(36-52-40-94-57-27-19-17-25-55(52)57)83(126)109(8)68(30-12-10-2)85(128)108(66)7/h13-19,22-27,39-41,47-49,58-68,93-94,111H,9-12,20-21,28-38,42-46H2,1-8H3,(H2,87,112)(H2,88,113)(H,91,96)(H,95,117)(H,97,119)(H,98,114)(H,99,115)(H,100,122)(H,101,123)(H,102,116)(H,103,121)(H,104,120)(H,105,118)(H4,89,90,92). The molecule has 13 unspecified atom stereocenters. The number of hydrogen-bond acceptors (Lipinski definition) is 21. The highest BCUT2D eigenvalue weighted by Crippen LogP contribution is 2.26. The molecule has 698 valence electrons. The van der Waals surface area contributed by atoms with Crippen molar-refractivity contribution in [2.45, 2.75) is 203 Å². The molecular formula is C86H120N24O18S. The van der Waals surface area contributed by atoms with Crippen molar-refractivity contribution >= 4 is 140 Å². The number of nitrogens with zero attached hydrogens (tertiary/aromatic N) is 6. The van der Waals surface area contributed by atoms with Crippen LogP contribution in [0.4, 0.5) is 0 Å². The highest BCUT2D eigenvalue weighted by molar-refractivity contribution is 8.00. The van der Waals surface area contributed by atoms with Gasteiger partial charge < -0.3 is 120 Å². The second-order valence-corrected chi connectivity index (χ2v) is 33.2. The lowest BCUT2D eigenvalue weighted by atomic mass is 10.00. The van der Waals surface area contributed by atoms with Gasteiger partial charge in [-0.05, 0) is 81.2 Å². The molecule has 43 heteroatoms. The third-order valence-corrected chi connectivity index (χ3v) is 23.6. The van der Waals surface area contributed by atoms with Gasteiger partial charge in [-0.15, -0.1) is 11.8 Å². The molecular weight excluding hydrogens is 1690 g/mol. The number of fused-ring (bicyclic) bond motifs is 3. The molecule has 22 N–H and O–H groups in total. The lowest BCUT2D eigenvalue weighted by Gasteiger charge is -2.36. The molecule has 17 amide bonds. The van der Waals surface area contributed by atoms with Crippen molar-refractivity contribution in [1.82, 2.24) is 103 Å². The fraction of sp³-hybridized carbons (Fsp3) is 0.500. The molecule has 42 nitrogen and oxygen atoms in total. The van der Waals surface area contributed by atoms with Crippen LogP contribution in [0.1, 0.15) is 121 Å². The third-order valence-electron chi connectivity index (χ3n) is 22.5. The Balaban J connectivity index is 1.16. The van der Waals surface area contributed by atoms with Crippen molar-refractivity contribution in [2.75, 3.05) is 72.5 Å². The number of nitrogens with two attached hydrogens (primary N) is 3. The number of aromatic nitrogens is 4. The van der Waals surface area contributed by atoms with Crippen LogP contribution in [0.5, 0.6) is 0 Å². The van der Waals surface area contributed by atoms with Crippen LogP contribution in [0.25, 0.3) is 21.8 Å². The Bertz CT molecular complexity index is 4970. The summed E-state index contributed by atoms with van der Waals surface area (Å²) in [7, 11) is 5.20. The summed E-state index contributed by atoms with van der Waals surface area (Å²) in [5.74, 6) is -16.9. The van der Waals surface area contributed by atoms with Crippen LogP contribution in [0, 0.1) is 5.41 Å². The molecule has 3 aromatic carbocycles. The van der Waals surface area contributed by atoms with Gasteiger partial charge in [0.1, 0.15) is 78.5 Å². The summed E-state index contributed by atoms with van der Waals surface area (Å²) in [6, 6.07) is 2.85. The van der Waals surface area contributed by atoms with Crippen molar-refractivity contribution in [3.63, 3.8) is 0 Å². The van der Waals surface area contributed by atoms with Crippen LogP contribution in [-0.2, 0) is 107 Å². The lowest BCUT2D eigenvalue weighted by molar-refractivity contribution is -0.149. The van der Waals surface area contributed by atoms with Crippen molar-refractivity contribution < 1.29 is 86.6 Å². The van der Waals surface area contributed by atoms with Crippen molar-refractivity contribution in [2.24, 2.45) is 17.2 Å². The number of carbonyl (C=O) groups is 17. The van der Waals surface area contributed by atoms with E-state index in [-0.39, 0.29) is 77.3 Å². The van der Waals surface area contributed by atoms with E-state index in [0.29, 0.717) is 69.9 Å². The third kappa shape index (κ3) is 29.0. The van der Waals surface area contributed by atoms with Gasteiger partial charge in [0.05, 0.1) is 38.2 Å². The number of amides is 17. The molecule has 6 aromatic rings. The van der Waals surface area contributed by atoms with Gasteiger partial charge >= 0.3 is 0 Å². The van der Waals surface area contributed by atoms with Gasteiger partial charge in [0.15, 0.2) is 5.96 Å². The molecule has 0 radical (unpaired) electrons. The van der Waals surface area contributed by atoms with Crippen LogP contribution in [0.2, 0.25) is 0 Å². The largest absolute Gasteiger partial charge is 0.394 e. The van der Waals surface area contributed by atoms with Gasteiger partial charge in [0.25, 0.3) is 0 Å². The van der Waals surface area contributed by atoms with Crippen LogP contribution in [0.15, 0.2) is 104 Å². The zero-order valence-electron chi connectivity index (χ0n) is 73.6. The van der Waals surface area contributed by atoms with Gasteiger partial charge in [0, 0.05) is 119 Å². The zero-order valence-corrected chi connectivity index (χ0v) is 74.4. The summed E-state index contributed by atoms with van der Waals surface area (Å²) in [4.78, 5) is 265. The number of likely N-dealkylation sites (N-methyl/N-ethyl adjacent to an activating group) is 4. The smallest absolute Gasteiger partial charge is 0.246 e. The minimum absolute atomic E-state index is 0.00175. The molecule has 8 rings (SSSR count). The van der Waals surface area contributed by atoms with E-state index in [2.05, 4.69) is 78.4 Å². The molecule has 2 saturated heterocycles. The minimum Gasteiger partial charge on any atom is -0.394 e. The van der Waals surface area contributed by atoms with E-state index >= 15 is 14.4 Å². The molecule has 129 heavy (non-hydrogen) atoms. The Labute approximate surface area is 749 Å². The molecule has 13 atom stereocenters. The maximum absolute atomic E-state index is 15.6. The first-order chi connectivity index (χ1) is 61.5. The number of rotatable bonds is 24. The number of H-pyrrole nitrogens is 3. The minimum atomic E-state index is -1.85. The molecule has 0 spiro atoms. The first-order valence-electron chi connectivity index (χ1n) is 42.8. The number of unbranched alkanes of at least 4 members (excludes halogenated alkanes) is 2. The van der Waals surface area contributed by atoms with Crippen LogP contribution < -0.4 is 75.7 Å². The van der Waals surface area contributed by atoms with E-state index in [1.807, 2.05) is 13.8 Å². The number of thioether (sulfide) groups is 1. The highest BCUT2D eigenvalue weighted by Gasteiger charge is 2.44. The molecule has 2 aliphatic rings. The zero-order chi connectivity index (χ0) is 94.3. The van der Waals surface area contributed by atoms with E-state index < -0.39 is 223 Å². The first-order valence-corrected chi connectivity index (χ1v) is 44.0. The Kier molecular flexibility index (Phi) is 38.3. The SMILES string of the molecule is CCCCC1C(=O)N(C)C(CCCC)C(=O)NC(CCCNC(=N)N)C(=O)NC(C(=O)NCC(N)=O)CSCC(=O)NC(Cc2ccccc2)C(=O)N(C)C(C)C(=O)NC(CC(N)=O)C(=O)N2CCCC2C(=O)NC(Cc2cnc[nH]2)C(=O)NC(C)C(=O)N(C)CC(=O)NC(Cc2c[nH]c3ccccc23)C(=O)NC(CO)C(=O)NC(Cc2c[nH]c3ccccc23)C(=O)N1C. The average Bonchev–Trinajstić information content (AvgIpc) is 1.72. The van der Waals surface area contributed by atoms with Crippen molar-refractivity contribution in [3.05, 3.63) is 126 Å². The van der Waals surface area contributed by atoms with Gasteiger partial charge in [-0.1, -0.05) is 106 Å². The van der Waals surface area contributed by atoms with Crippen LogP contribution >= 0.6 is 11.8 Å². The van der Waals surface area contributed by atoms with E-state index in [4.69, 9.17) is 22.6 Å². The van der Waals surface area contributed by atoms with Crippen LogP contribution in [-0.4, -0.2) is 307 Å². The summed E-state index contributed by atoms with van der Waals surface area (Å²) < 4.78 is 0. The Morgan fingerprint density at radius 2 is 1.07 bits per heavy atom. The number of imidazole rings is 1. The fourth-order valence-electron chi connectivity index (χ4n) is 15.3. The summed E-state index contributed by atoms with van der Waals surface area (Å²) in [5.41, 5.74) is 20.0. The number of benzene rings is 3. The summed E-state index contributed by atoms with van der Waals surface area (Å²) in [5, 5.41) is 49.0. The Hall–Kier alpha value is -13.5. The quantitative estimate of drug-likeness (QED) is 0.0162. The molecule has 0 bridgehead atoms. The van der Waals surface area contributed by atoms with Gasteiger partial charge in [-0.25, -0.2) is 4.98 Å². The maximum atomic E-state index is 15.6. The highest BCUT2D eigenvalue weighted by atomic mass is 32.2. The Morgan fingerprint density at radius 3 is 1.68 bits per heavy atom. The van der Waals surface area contributed by atoms with E-state index in [1.54, 1.807) is 91.3 Å². The number of carbonyl (C=O) groups excluding carboxylic acids is 17. The second-order valence-electron chi connectivity index (χ2n) is 32.2. The second kappa shape index (κ2) is 49.0. The monoisotopic (exact) mass is 1810 g/mol. The number of primary amides is 2. The van der Waals surface area contributed by atoms with Crippen molar-refractivity contribution in [1.29, 1.82) is 5.41 Å². The number of guanidine groups is 1. The number of hydrogen-bond donors (Lipinski definition) is 19. The number of aromatic amines is 3. The Morgan fingerprint density at radius 1 is 0.527 bits per heavy atom. The number of aliphatic hydroxyl groups is 1. The molecule has 2 aliphatic heterocycles. The summed E-state index contributed by atoms with van der Waals surface area (Å²) in [6.07, 6.45) is 6.00. The number of para-hydroxylation sites is 2. The normalized spacial score (nSPS) is 23.7. The van der Waals surface area contributed by atoms with Gasteiger partial charge in [-0.3, -0.25) is 86.9 Å². The van der Waals surface area contributed by atoms with Gasteiger partial charge in [-0.2, -0.15) is 0 Å². The predicted molar refractivity (Wildman–Crippen MR) is 476 cm³/mol. The summed E-state index contributed by atoms with van der Waals surface area (Å²) in [6.45, 7) is 3.68. The molecule has 0 saturated carbocycles. The predicted octanol–water partition coefficient (Wildman–Crippen LogP) is -3.16. The summed E-state index contributed by atoms with van der Waals surface area (Å²) >= 11 is 0.794. The fourth-order valence-corrected chi connectivity index (χ4v) is 16.1.